The molecule has 3 N–H and O–H groups in total. The number of nitrogens with one attached hydrogen (secondary N) is 2. The van der Waals surface area contributed by atoms with Crippen LogP contribution in [0.25, 0.3) is 5.69 Å². The number of rotatable bonds is 6. The number of carboxylic acid groups (broad SMARTS) is 1. The molecular weight excluding hydrogens is 368 g/mol. The van der Waals surface area contributed by atoms with Gasteiger partial charge in [0.05, 0.1) is 30.0 Å². The molecule has 148 valence electrons. The standard InChI is InChI=1S/C22H22N4O3/c27-21(28)12-15-6-8-17(9-7-15)26-20-10-11-23-13-18(20)19(25-26)14-24-22(29)16-4-2-1-3-5-16/h1-9,23H,10-14H2,(H,24,29)(H,27,28). The summed E-state index contributed by atoms with van der Waals surface area (Å²) in [4.78, 5) is 23.3. The zero-order chi connectivity index (χ0) is 20.2. The summed E-state index contributed by atoms with van der Waals surface area (Å²) in [5.74, 6) is -0.979. The van der Waals surface area contributed by atoms with Crippen molar-refractivity contribution in [3.8, 4) is 5.69 Å². The maximum absolute atomic E-state index is 12.4. The third kappa shape index (κ3) is 4.20. The summed E-state index contributed by atoms with van der Waals surface area (Å²) in [6.07, 6.45) is 0.837. The predicted molar refractivity (Wildman–Crippen MR) is 108 cm³/mol. The maximum Gasteiger partial charge on any atom is 0.307 e. The van der Waals surface area contributed by atoms with Gasteiger partial charge >= 0.3 is 5.97 Å². The Hall–Kier alpha value is -3.45. The summed E-state index contributed by atoms with van der Waals surface area (Å²) < 4.78 is 1.91. The molecule has 2 aromatic carbocycles. The Kier molecular flexibility index (Phi) is 5.39. The van der Waals surface area contributed by atoms with Crippen molar-refractivity contribution in [3.63, 3.8) is 0 Å². The highest BCUT2D eigenvalue weighted by molar-refractivity contribution is 5.94. The van der Waals surface area contributed by atoms with Gasteiger partial charge in [0.2, 0.25) is 0 Å². The van der Waals surface area contributed by atoms with E-state index >= 15 is 0 Å². The van der Waals surface area contributed by atoms with E-state index in [1.54, 1.807) is 12.1 Å². The maximum atomic E-state index is 12.4. The Labute approximate surface area is 168 Å². The normalized spacial score (nSPS) is 13.0. The van der Waals surface area contributed by atoms with Crippen LogP contribution in [0, 0.1) is 0 Å². The van der Waals surface area contributed by atoms with Crippen LogP contribution in [-0.4, -0.2) is 33.3 Å². The Bertz CT molecular complexity index is 1030. The van der Waals surface area contributed by atoms with Gasteiger partial charge in [-0.25, -0.2) is 4.68 Å². The largest absolute Gasteiger partial charge is 0.481 e. The topological polar surface area (TPSA) is 96.2 Å². The molecule has 4 rings (SSSR count). The summed E-state index contributed by atoms with van der Waals surface area (Å²) in [5.41, 5.74) is 5.33. The molecule has 7 heteroatoms. The molecule has 0 bridgehead atoms. The third-order valence-corrected chi connectivity index (χ3v) is 5.00. The molecule has 0 unspecified atom stereocenters. The quantitative estimate of drug-likeness (QED) is 0.599. The van der Waals surface area contributed by atoms with E-state index in [2.05, 4.69) is 10.6 Å². The van der Waals surface area contributed by atoms with Crippen LogP contribution in [0.3, 0.4) is 0 Å². The minimum Gasteiger partial charge on any atom is -0.481 e. The third-order valence-electron chi connectivity index (χ3n) is 5.00. The SMILES string of the molecule is O=C(O)Cc1ccc(-n2nc(CNC(=O)c3ccccc3)c3c2CCNC3)cc1. The second-order valence-electron chi connectivity index (χ2n) is 7.00. The first kappa shape index (κ1) is 18.9. The lowest BCUT2D eigenvalue weighted by Crippen LogP contribution is -2.27. The Morgan fingerprint density at radius 1 is 1.10 bits per heavy atom. The van der Waals surface area contributed by atoms with Crippen LogP contribution in [0.1, 0.15) is 32.9 Å². The van der Waals surface area contributed by atoms with Gasteiger partial charge in [-0.1, -0.05) is 30.3 Å². The smallest absolute Gasteiger partial charge is 0.307 e. The van der Waals surface area contributed by atoms with E-state index in [-0.39, 0.29) is 12.3 Å². The van der Waals surface area contributed by atoms with Gasteiger partial charge in [-0.3, -0.25) is 9.59 Å². The molecule has 0 radical (unpaired) electrons. The summed E-state index contributed by atoms with van der Waals surface area (Å²) in [6, 6.07) is 16.5. The minimum atomic E-state index is -0.850. The molecule has 0 saturated carbocycles. The fourth-order valence-electron chi connectivity index (χ4n) is 3.56. The molecule has 0 saturated heterocycles. The first-order valence-corrected chi connectivity index (χ1v) is 9.56. The van der Waals surface area contributed by atoms with Crippen LogP contribution in [0.15, 0.2) is 54.6 Å². The van der Waals surface area contributed by atoms with Crippen molar-refractivity contribution in [2.75, 3.05) is 6.54 Å². The lowest BCUT2D eigenvalue weighted by atomic mass is 10.1. The molecular formula is C22H22N4O3. The first-order valence-electron chi connectivity index (χ1n) is 9.56. The van der Waals surface area contributed by atoms with Gasteiger partial charge in [-0.15, -0.1) is 0 Å². The van der Waals surface area contributed by atoms with Crippen molar-refractivity contribution in [2.45, 2.75) is 25.9 Å². The molecule has 0 spiro atoms. The van der Waals surface area contributed by atoms with Gasteiger partial charge in [0.1, 0.15) is 0 Å². The van der Waals surface area contributed by atoms with Crippen molar-refractivity contribution < 1.29 is 14.7 Å². The number of benzene rings is 2. The zero-order valence-corrected chi connectivity index (χ0v) is 15.9. The number of nitrogens with zero attached hydrogens (tertiary/aromatic N) is 2. The molecule has 0 aliphatic carbocycles. The van der Waals surface area contributed by atoms with E-state index in [1.165, 1.54) is 0 Å². The number of fused-ring (bicyclic) bond motifs is 1. The van der Waals surface area contributed by atoms with Crippen LogP contribution in [0.2, 0.25) is 0 Å². The summed E-state index contributed by atoms with van der Waals surface area (Å²) >= 11 is 0. The molecule has 1 aliphatic heterocycles. The van der Waals surface area contributed by atoms with Crippen LogP contribution >= 0.6 is 0 Å². The van der Waals surface area contributed by atoms with Crippen LogP contribution in [-0.2, 0) is 30.7 Å². The zero-order valence-electron chi connectivity index (χ0n) is 15.9. The number of aliphatic carboxylic acids is 1. The molecule has 3 aromatic rings. The highest BCUT2D eigenvalue weighted by Crippen LogP contribution is 2.22. The highest BCUT2D eigenvalue weighted by Gasteiger charge is 2.21. The van der Waals surface area contributed by atoms with Crippen LogP contribution in [0.5, 0.6) is 0 Å². The molecule has 7 nitrogen and oxygen atoms in total. The molecule has 1 aliphatic rings. The van der Waals surface area contributed by atoms with E-state index in [4.69, 9.17) is 10.2 Å². The predicted octanol–water partition coefficient (Wildman–Crippen LogP) is 2.08. The van der Waals surface area contributed by atoms with Crippen molar-refractivity contribution in [1.82, 2.24) is 20.4 Å². The number of aromatic nitrogens is 2. The first-order chi connectivity index (χ1) is 14.1. The van der Waals surface area contributed by atoms with Crippen molar-refractivity contribution >= 4 is 11.9 Å². The number of hydrogen-bond acceptors (Lipinski definition) is 4. The average Bonchev–Trinajstić information content (AvgIpc) is 3.11. The Morgan fingerprint density at radius 3 is 2.59 bits per heavy atom. The average molecular weight is 390 g/mol. The Balaban J connectivity index is 1.57. The van der Waals surface area contributed by atoms with Gasteiger partial charge in [-0.2, -0.15) is 5.10 Å². The fraction of sp³-hybridized carbons (Fsp3) is 0.227. The molecule has 1 amide bonds. The number of amides is 1. The second kappa shape index (κ2) is 8.28. The number of carboxylic acids is 1. The fourth-order valence-corrected chi connectivity index (χ4v) is 3.56. The van der Waals surface area contributed by atoms with Gasteiger partial charge in [0.15, 0.2) is 0 Å². The van der Waals surface area contributed by atoms with E-state index in [9.17, 15) is 9.59 Å². The number of carbonyl (C=O) groups excluding carboxylic acids is 1. The monoisotopic (exact) mass is 390 g/mol. The van der Waals surface area contributed by atoms with Crippen molar-refractivity contribution in [1.29, 1.82) is 0 Å². The summed E-state index contributed by atoms with van der Waals surface area (Å²) in [7, 11) is 0. The van der Waals surface area contributed by atoms with E-state index < -0.39 is 5.97 Å². The summed E-state index contributed by atoms with van der Waals surface area (Å²) in [6.45, 7) is 1.93. The molecule has 1 aromatic heterocycles. The number of carbonyl (C=O) groups is 2. The van der Waals surface area contributed by atoms with Crippen molar-refractivity contribution in [2.24, 2.45) is 0 Å². The van der Waals surface area contributed by atoms with Gasteiger partial charge < -0.3 is 15.7 Å². The van der Waals surface area contributed by atoms with E-state index in [1.807, 2.05) is 47.1 Å². The molecule has 0 atom stereocenters. The van der Waals surface area contributed by atoms with E-state index in [0.29, 0.717) is 18.7 Å². The number of hydrogen-bond donors (Lipinski definition) is 3. The second-order valence-corrected chi connectivity index (χ2v) is 7.00. The van der Waals surface area contributed by atoms with Gasteiger partial charge in [0, 0.05) is 30.6 Å². The van der Waals surface area contributed by atoms with Crippen LogP contribution < -0.4 is 10.6 Å². The minimum absolute atomic E-state index is 0.00180. The van der Waals surface area contributed by atoms with Gasteiger partial charge in [-0.05, 0) is 29.8 Å². The molecule has 0 fully saturated rings. The lowest BCUT2D eigenvalue weighted by Gasteiger charge is -2.16. The van der Waals surface area contributed by atoms with E-state index in [0.717, 1.165) is 41.2 Å². The lowest BCUT2D eigenvalue weighted by molar-refractivity contribution is -0.136. The van der Waals surface area contributed by atoms with Crippen LogP contribution in [0.4, 0.5) is 0 Å². The summed E-state index contributed by atoms with van der Waals surface area (Å²) in [5, 5.41) is 20.0. The molecule has 2 heterocycles. The highest BCUT2D eigenvalue weighted by atomic mass is 16.4. The van der Waals surface area contributed by atoms with Gasteiger partial charge in [0.25, 0.3) is 5.91 Å². The Morgan fingerprint density at radius 2 is 1.86 bits per heavy atom. The molecule has 29 heavy (non-hydrogen) atoms. The van der Waals surface area contributed by atoms with Crippen molar-refractivity contribution in [3.05, 3.63) is 82.7 Å².